The van der Waals surface area contributed by atoms with E-state index in [2.05, 4.69) is 12.1 Å². The molecule has 1 saturated carbocycles. The Morgan fingerprint density at radius 1 is 1.31 bits per heavy atom. The number of benzene rings is 1. The summed E-state index contributed by atoms with van der Waals surface area (Å²) in [6, 6.07) is 8.25. The molecule has 0 bridgehead atoms. The first-order valence-electron chi connectivity index (χ1n) is 6.16. The Balaban J connectivity index is 2.13. The summed E-state index contributed by atoms with van der Waals surface area (Å²) < 4.78 is 0. The molecule has 1 aromatic rings. The van der Waals surface area contributed by atoms with E-state index in [1.165, 1.54) is 12.0 Å². The van der Waals surface area contributed by atoms with E-state index in [-0.39, 0.29) is 0 Å². The van der Waals surface area contributed by atoms with Gasteiger partial charge in [0, 0.05) is 0 Å². The first-order valence-corrected chi connectivity index (χ1v) is 6.16. The number of hydrogen-bond acceptors (Lipinski definition) is 2. The highest BCUT2D eigenvalue weighted by Crippen LogP contribution is 2.42. The van der Waals surface area contributed by atoms with Crippen LogP contribution in [0.3, 0.4) is 0 Å². The second kappa shape index (κ2) is 4.56. The molecule has 88 valence electrons. The van der Waals surface area contributed by atoms with E-state index < -0.39 is 5.60 Å². The minimum Gasteiger partial charge on any atom is -0.385 e. The first kappa shape index (κ1) is 11.6. The zero-order valence-electron chi connectivity index (χ0n) is 9.95. The van der Waals surface area contributed by atoms with Crippen molar-refractivity contribution in [3.8, 4) is 0 Å². The van der Waals surface area contributed by atoms with Crippen LogP contribution < -0.4 is 5.73 Å². The maximum absolute atomic E-state index is 10.5. The number of aliphatic hydroxyl groups is 1. The molecule has 0 heterocycles. The second-order valence-electron chi connectivity index (χ2n) is 5.01. The van der Waals surface area contributed by atoms with Gasteiger partial charge in [-0.25, -0.2) is 0 Å². The Morgan fingerprint density at radius 2 is 1.94 bits per heavy atom. The lowest BCUT2D eigenvalue weighted by atomic mass is 9.71. The fourth-order valence-corrected chi connectivity index (χ4v) is 2.38. The van der Waals surface area contributed by atoms with Crippen LogP contribution in [0.2, 0.25) is 0 Å². The molecule has 1 atom stereocenters. The minimum absolute atomic E-state index is 0.438. The van der Waals surface area contributed by atoms with Crippen molar-refractivity contribution >= 4 is 0 Å². The molecule has 1 aromatic carbocycles. The summed E-state index contributed by atoms with van der Waals surface area (Å²) >= 11 is 0. The molecule has 0 saturated heterocycles. The van der Waals surface area contributed by atoms with Gasteiger partial charge in [0.05, 0.1) is 5.60 Å². The third-order valence-electron chi connectivity index (χ3n) is 3.87. The average Bonchev–Trinajstić information content (AvgIpc) is 2.15. The predicted octanol–water partition coefficient (Wildman–Crippen LogP) is 2.20. The summed E-state index contributed by atoms with van der Waals surface area (Å²) in [5.74, 6) is 0.438. The van der Waals surface area contributed by atoms with E-state index in [1.807, 2.05) is 19.1 Å². The molecule has 1 aliphatic rings. The Labute approximate surface area is 97.5 Å². The lowest BCUT2D eigenvalue weighted by Gasteiger charge is -2.39. The van der Waals surface area contributed by atoms with Gasteiger partial charge >= 0.3 is 0 Å². The van der Waals surface area contributed by atoms with Crippen molar-refractivity contribution < 1.29 is 5.11 Å². The summed E-state index contributed by atoms with van der Waals surface area (Å²) in [5.41, 5.74) is 7.15. The Morgan fingerprint density at radius 3 is 2.38 bits per heavy atom. The molecule has 1 fully saturated rings. The highest BCUT2D eigenvalue weighted by Gasteiger charge is 2.37. The number of rotatable bonds is 4. The van der Waals surface area contributed by atoms with Gasteiger partial charge in [-0.05, 0) is 49.8 Å². The van der Waals surface area contributed by atoms with Crippen LogP contribution in [0.5, 0.6) is 0 Å². The van der Waals surface area contributed by atoms with Crippen LogP contribution in [0, 0.1) is 5.92 Å². The molecule has 0 aromatic heterocycles. The molecular formula is C14H21NO. The number of hydrogen-bond donors (Lipinski definition) is 2. The van der Waals surface area contributed by atoms with E-state index in [0.717, 1.165) is 24.8 Å². The van der Waals surface area contributed by atoms with Crippen LogP contribution in [0.15, 0.2) is 24.3 Å². The molecule has 0 amide bonds. The Kier molecular flexibility index (Phi) is 3.31. The van der Waals surface area contributed by atoms with Gasteiger partial charge in [0.25, 0.3) is 0 Å². The lowest BCUT2D eigenvalue weighted by molar-refractivity contribution is -0.0399. The molecular weight excluding hydrogens is 198 g/mol. The molecule has 3 N–H and O–H groups in total. The largest absolute Gasteiger partial charge is 0.385 e. The number of nitrogens with two attached hydrogens (primary N) is 1. The topological polar surface area (TPSA) is 46.2 Å². The van der Waals surface area contributed by atoms with Gasteiger partial charge in [0.2, 0.25) is 0 Å². The second-order valence-corrected chi connectivity index (χ2v) is 5.01. The summed E-state index contributed by atoms with van der Waals surface area (Å²) in [4.78, 5) is 0. The molecule has 16 heavy (non-hydrogen) atoms. The lowest BCUT2D eigenvalue weighted by Crippen LogP contribution is -2.36. The Bertz CT molecular complexity index is 338. The van der Waals surface area contributed by atoms with Crippen molar-refractivity contribution in [1.82, 2.24) is 0 Å². The molecule has 2 nitrogen and oxygen atoms in total. The average molecular weight is 219 g/mol. The van der Waals surface area contributed by atoms with Crippen molar-refractivity contribution in [3.63, 3.8) is 0 Å². The van der Waals surface area contributed by atoms with E-state index in [0.29, 0.717) is 12.5 Å². The van der Waals surface area contributed by atoms with Crippen LogP contribution in [-0.2, 0) is 12.0 Å². The van der Waals surface area contributed by atoms with E-state index >= 15 is 0 Å². The minimum atomic E-state index is -0.653. The van der Waals surface area contributed by atoms with Gasteiger partial charge in [-0.1, -0.05) is 30.7 Å². The molecule has 1 aliphatic carbocycles. The van der Waals surface area contributed by atoms with Crippen LogP contribution in [0.1, 0.15) is 37.3 Å². The standard InChI is InChI=1S/C14H21NO/c1-14(16,12-3-2-4-12)13-7-5-11(6-8-13)9-10-15/h5-8,12,16H,2-4,9-10,15H2,1H3. The maximum atomic E-state index is 10.5. The van der Waals surface area contributed by atoms with Gasteiger partial charge in [0.1, 0.15) is 0 Å². The highest BCUT2D eigenvalue weighted by atomic mass is 16.3. The first-order chi connectivity index (χ1) is 7.64. The van der Waals surface area contributed by atoms with E-state index in [1.54, 1.807) is 0 Å². The smallest absolute Gasteiger partial charge is 0.0896 e. The van der Waals surface area contributed by atoms with Crippen LogP contribution in [-0.4, -0.2) is 11.7 Å². The van der Waals surface area contributed by atoms with Gasteiger partial charge in [-0.15, -0.1) is 0 Å². The maximum Gasteiger partial charge on any atom is 0.0896 e. The van der Waals surface area contributed by atoms with Gasteiger partial charge < -0.3 is 10.8 Å². The van der Waals surface area contributed by atoms with Crippen molar-refractivity contribution in [2.75, 3.05) is 6.54 Å². The monoisotopic (exact) mass is 219 g/mol. The molecule has 2 rings (SSSR count). The third-order valence-corrected chi connectivity index (χ3v) is 3.87. The molecule has 1 unspecified atom stereocenters. The fraction of sp³-hybridized carbons (Fsp3) is 0.571. The fourth-order valence-electron chi connectivity index (χ4n) is 2.38. The summed E-state index contributed by atoms with van der Waals surface area (Å²) in [6.07, 6.45) is 4.47. The van der Waals surface area contributed by atoms with Gasteiger partial charge in [0.15, 0.2) is 0 Å². The SMILES string of the molecule is CC(O)(c1ccc(CCN)cc1)C1CCC1. The Hall–Kier alpha value is -0.860. The molecule has 0 spiro atoms. The highest BCUT2D eigenvalue weighted by molar-refractivity contribution is 5.28. The zero-order valence-corrected chi connectivity index (χ0v) is 9.95. The molecule has 0 aliphatic heterocycles. The van der Waals surface area contributed by atoms with Crippen molar-refractivity contribution in [2.24, 2.45) is 11.7 Å². The van der Waals surface area contributed by atoms with Crippen molar-refractivity contribution in [1.29, 1.82) is 0 Å². The predicted molar refractivity (Wildman–Crippen MR) is 66.1 cm³/mol. The van der Waals surface area contributed by atoms with Crippen LogP contribution in [0.4, 0.5) is 0 Å². The summed E-state index contributed by atoms with van der Waals surface area (Å²) in [7, 11) is 0. The van der Waals surface area contributed by atoms with Crippen LogP contribution >= 0.6 is 0 Å². The van der Waals surface area contributed by atoms with Gasteiger partial charge in [-0.3, -0.25) is 0 Å². The molecule has 0 radical (unpaired) electrons. The van der Waals surface area contributed by atoms with Crippen LogP contribution in [0.25, 0.3) is 0 Å². The zero-order chi connectivity index (χ0) is 11.6. The van der Waals surface area contributed by atoms with Gasteiger partial charge in [-0.2, -0.15) is 0 Å². The van der Waals surface area contributed by atoms with E-state index in [9.17, 15) is 5.11 Å². The normalized spacial score (nSPS) is 20.2. The quantitative estimate of drug-likeness (QED) is 0.815. The van der Waals surface area contributed by atoms with E-state index in [4.69, 9.17) is 5.73 Å². The van der Waals surface area contributed by atoms with Crippen molar-refractivity contribution in [3.05, 3.63) is 35.4 Å². The molecule has 2 heteroatoms. The van der Waals surface area contributed by atoms with Crippen molar-refractivity contribution in [2.45, 2.75) is 38.2 Å². The summed E-state index contributed by atoms with van der Waals surface area (Å²) in [5, 5.41) is 10.5. The summed E-state index contributed by atoms with van der Waals surface area (Å²) in [6.45, 7) is 2.62. The third kappa shape index (κ3) is 2.13.